The molecule has 1 fully saturated rings. The molecule has 96 valence electrons. The molecule has 0 aliphatic carbocycles. The second-order valence-electron chi connectivity index (χ2n) is 5.15. The van der Waals surface area contributed by atoms with Gasteiger partial charge in [-0.05, 0) is 59.2 Å². The Bertz CT molecular complexity index is 169. The molecule has 0 aromatic carbocycles. The van der Waals surface area contributed by atoms with Crippen LogP contribution in [0.15, 0.2) is 0 Å². The Morgan fingerprint density at radius 1 is 1.38 bits per heavy atom. The Morgan fingerprint density at radius 2 is 2.06 bits per heavy atom. The zero-order valence-electron chi connectivity index (χ0n) is 11.2. The Morgan fingerprint density at radius 3 is 2.69 bits per heavy atom. The molecule has 0 aromatic heterocycles. The van der Waals surface area contributed by atoms with Crippen LogP contribution in [0.1, 0.15) is 32.6 Å². The maximum Gasteiger partial charge on any atom is 0.0469 e. The van der Waals surface area contributed by atoms with Gasteiger partial charge in [-0.1, -0.05) is 0 Å². The first kappa shape index (κ1) is 13.9. The zero-order chi connectivity index (χ0) is 11.8. The fourth-order valence-corrected chi connectivity index (χ4v) is 2.27. The average molecular weight is 228 g/mol. The smallest absolute Gasteiger partial charge is 0.0469 e. The lowest BCUT2D eigenvalue weighted by atomic mass is 10.00. The minimum absolute atomic E-state index is 0.650. The van der Waals surface area contributed by atoms with E-state index in [4.69, 9.17) is 4.74 Å². The number of nitrogens with one attached hydrogen (secondary N) is 1. The quantitative estimate of drug-likeness (QED) is 0.718. The molecule has 1 rings (SSSR count). The van der Waals surface area contributed by atoms with Crippen molar-refractivity contribution in [2.75, 3.05) is 40.4 Å². The highest BCUT2D eigenvalue weighted by atomic mass is 16.5. The third-order valence-corrected chi connectivity index (χ3v) is 3.58. The van der Waals surface area contributed by atoms with E-state index in [1.54, 1.807) is 0 Å². The monoisotopic (exact) mass is 228 g/mol. The molecular formula is C13H28N2O. The molecule has 1 atom stereocenters. The molecule has 1 saturated heterocycles. The zero-order valence-corrected chi connectivity index (χ0v) is 11.2. The van der Waals surface area contributed by atoms with Crippen LogP contribution in [-0.2, 0) is 4.74 Å². The summed E-state index contributed by atoms with van der Waals surface area (Å²) in [4.78, 5) is 2.48. The highest BCUT2D eigenvalue weighted by Gasteiger charge is 2.15. The molecule has 0 radical (unpaired) electrons. The first-order valence-corrected chi connectivity index (χ1v) is 6.66. The number of ether oxygens (including phenoxy) is 1. The largest absolute Gasteiger partial charge is 0.381 e. The molecule has 1 unspecified atom stereocenters. The van der Waals surface area contributed by atoms with Crippen molar-refractivity contribution in [1.82, 2.24) is 10.2 Å². The van der Waals surface area contributed by atoms with E-state index in [9.17, 15) is 0 Å². The molecule has 1 N–H and O–H groups in total. The van der Waals surface area contributed by atoms with Crippen LogP contribution in [0.2, 0.25) is 0 Å². The summed E-state index contributed by atoms with van der Waals surface area (Å²) in [7, 11) is 4.29. The van der Waals surface area contributed by atoms with Gasteiger partial charge in [0.25, 0.3) is 0 Å². The molecule has 3 nitrogen and oxygen atoms in total. The van der Waals surface area contributed by atoms with E-state index in [1.807, 2.05) is 7.05 Å². The summed E-state index contributed by atoms with van der Waals surface area (Å²) >= 11 is 0. The van der Waals surface area contributed by atoms with Crippen molar-refractivity contribution in [3.05, 3.63) is 0 Å². The predicted molar refractivity (Wildman–Crippen MR) is 68.8 cm³/mol. The lowest BCUT2D eigenvalue weighted by Crippen LogP contribution is -2.31. The number of hydrogen-bond acceptors (Lipinski definition) is 3. The number of hydrogen-bond donors (Lipinski definition) is 1. The van der Waals surface area contributed by atoms with Gasteiger partial charge in [0.15, 0.2) is 0 Å². The highest BCUT2D eigenvalue weighted by Crippen LogP contribution is 2.15. The van der Waals surface area contributed by atoms with Crippen molar-refractivity contribution in [2.45, 2.75) is 38.6 Å². The highest BCUT2D eigenvalue weighted by molar-refractivity contribution is 4.68. The topological polar surface area (TPSA) is 24.5 Å². The molecule has 0 amide bonds. The Hall–Kier alpha value is -0.120. The molecule has 1 aliphatic rings. The van der Waals surface area contributed by atoms with Crippen molar-refractivity contribution in [1.29, 1.82) is 0 Å². The summed E-state index contributed by atoms with van der Waals surface area (Å²) in [5.41, 5.74) is 0. The van der Waals surface area contributed by atoms with Gasteiger partial charge < -0.3 is 15.0 Å². The summed E-state index contributed by atoms with van der Waals surface area (Å²) in [5.74, 6) is 0.862. The van der Waals surface area contributed by atoms with E-state index in [2.05, 4.69) is 24.2 Å². The van der Waals surface area contributed by atoms with Crippen LogP contribution in [0.25, 0.3) is 0 Å². The van der Waals surface area contributed by atoms with Crippen LogP contribution in [-0.4, -0.2) is 51.3 Å². The van der Waals surface area contributed by atoms with Gasteiger partial charge in [-0.2, -0.15) is 0 Å². The van der Waals surface area contributed by atoms with Gasteiger partial charge in [-0.25, -0.2) is 0 Å². The fraction of sp³-hybridized carbons (Fsp3) is 1.00. The molecule has 3 heteroatoms. The van der Waals surface area contributed by atoms with E-state index in [-0.39, 0.29) is 0 Å². The van der Waals surface area contributed by atoms with Gasteiger partial charge >= 0.3 is 0 Å². The van der Waals surface area contributed by atoms with Crippen molar-refractivity contribution < 1.29 is 4.74 Å². The van der Waals surface area contributed by atoms with Crippen molar-refractivity contribution in [3.8, 4) is 0 Å². The van der Waals surface area contributed by atoms with E-state index in [0.717, 1.165) is 19.1 Å². The number of nitrogens with zero attached hydrogens (tertiary/aromatic N) is 1. The van der Waals surface area contributed by atoms with Crippen LogP contribution in [0.3, 0.4) is 0 Å². The lowest BCUT2D eigenvalue weighted by molar-refractivity contribution is 0.0555. The first-order chi connectivity index (χ1) is 7.72. The van der Waals surface area contributed by atoms with Gasteiger partial charge in [0, 0.05) is 25.8 Å². The minimum Gasteiger partial charge on any atom is -0.381 e. The van der Waals surface area contributed by atoms with E-state index in [0.29, 0.717) is 6.04 Å². The van der Waals surface area contributed by atoms with Crippen molar-refractivity contribution in [3.63, 3.8) is 0 Å². The molecule has 1 aliphatic heterocycles. The van der Waals surface area contributed by atoms with Crippen LogP contribution < -0.4 is 5.32 Å². The standard InChI is InChI=1S/C13H28N2O/c1-12(14-2)5-4-8-15(3)11-13-6-9-16-10-7-13/h12-14H,4-11H2,1-3H3. The van der Waals surface area contributed by atoms with Gasteiger partial charge in [0.05, 0.1) is 0 Å². The van der Waals surface area contributed by atoms with E-state index < -0.39 is 0 Å². The molecule has 0 bridgehead atoms. The van der Waals surface area contributed by atoms with Gasteiger partial charge in [-0.3, -0.25) is 0 Å². The number of rotatable bonds is 7. The molecule has 0 saturated carbocycles. The van der Waals surface area contributed by atoms with Crippen LogP contribution >= 0.6 is 0 Å². The van der Waals surface area contributed by atoms with Crippen molar-refractivity contribution >= 4 is 0 Å². The molecule has 0 aromatic rings. The van der Waals surface area contributed by atoms with E-state index >= 15 is 0 Å². The Kier molecular flexibility index (Phi) is 7.01. The normalized spacial score (nSPS) is 20.2. The predicted octanol–water partition coefficient (Wildman–Crippen LogP) is 1.73. The fourth-order valence-electron chi connectivity index (χ4n) is 2.27. The lowest BCUT2D eigenvalue weighted by Gasteiger charge is -2.27. The summed E-state index contributed by atoms with van der Waals surface area (Å²) in [5, 5.41) is 3.28. The molecule has 0 spiro atoms. The summed E-state index contributed by atoms with van der Waals surface area (Å²) < 4.78 is 5.38. The second kappa shape index (κ2) is 8.04. The average Bonchev–Trinajstić information content (AvgIpc) is 2.30. The molecule has 1 heterocycles. The van der Waals surface area contributed by atoms with Crippen LogP contribution in [0.4, 0.5) is 0 Å². The minimum atomic E-state index is 0.650. The molecular weight excluding hydrogens is 200 g/mol. The van der Waals surface area contributed by atoms with Gasteiger partial charge in [0.1, 0.15) is 0 Å². The Labute approximate surface area is 101 Å². The maximum atomic E-state index is 5.38. The first-order valence-electron chi connectivity index (χ1n) is 6.66. The summed E-state index contributed by atoms with van der Waals surface area (Å²) in [6, 6.07) is 0.650. The van der Waals surface area contributed by atoms with E-state index in [1.165, 1.54) is 38.8 Å². The van der Waals surface area contributed by atoms with Crippen LogP contribution in [0, 0.1) is 5.92 Å². The Balaban J connectivity index is 2.03. The summed E-state index contributed by atoms with van der Waals surface area (Å²) in [6.45, 7) is 6.66. The maximum absolute atomic E-state index is 5.38. The third-order valence-electron chi connectivity index (χ3n) is 3.58. The molecule has 16 heavy (non-hydrogen) atoms. The third kappa shape index (κ3) is 5.83. The SMILES string of the molecule is CNC(C)CCCN(C)CC1CCOCC1. The second-order valence-corrected chi connectivity index (χ2v) is 5.15. The van der Waals surface area contributed by atoms with Crippen molar-refractivity contribution in [2.24, 2.45) is 5.92 Å². The summed E-state index contributed by atoms with van der Waals surface area (Å²) in [6.07, 6.45) is 5.06. The van der Waals surface area contributed by atoms with Gasteiger partial charge in [0.2, 0.25) is 0 Å². The van der Waals surface area contributed by atoms with Crippen LogP contribution in [0.5, 0.6) is 0 Å². The van der Waals surface area contributed by atoms with Gasteiger partial charge in [-0.15, -0.1) is 0 Å².